The Morgan fingerprint density at radius 3 is 2.54 bits per heavy atom. The Morgan fingerprint density at radius 2 is 1.83 bits per heavy atom. The summed E-state index contributed by atoms with van der Waals surface area (Å²) in [5.41, 5.74) is 1.12. The lowest BCUT2D eigenvalue weighted by atomic mass is 10.0. The van der Waals surface area contributed by atoms with Crippen LogP contribution in [0.25, 0.3) is 22.2 Å². The fourth-order valence-corrected chi connectivity index (χ4v) is 4.82. The monoisotopic (exact) mass is 478 g/mol. The third-order valence-corrected chi connectivity index (χ3v) is 6.53. The Morgan fingerprint density at radius 1 is 1.09 bits per heavy atom. The van der Waals surface area contributed by atoms with Crippen molar-refractivity contribution in [3.05, 3.63) is 84.2 Å². The van der Waals surface area contributed by atoms with Gasteiger partial charge in [0.1, 0.15) is 17.6 Å². The van der Waals surface area contributed by atoms with Crippen LogP contribution in [0.15, 0.2) is 46.0 Å². The van der Waals surface area contributed by atoms with Crippen LogP contribution in [0.1, 0.15) is 22.9 Å². The molecule has 0 fully saturated rings. The fourth-order valence-electron chi connectivity index (χ4n) is 4.82. The van der Waals surface area contributed by atoms with E-state index in [2.05, 4.69) is 0 Å². The Balaban J connectivity index is 1.95. The molecule has 2 aromatic carbocycles. The van der Waals surface area contributed by atoms with E-state index in [1.54, 1.807) is 23.6 Å². The van der Waals surface area contributed by atoms with Crippen molar-refractivity contribution in [3.63, 3.8) is 0 Å². The summed E-state index contributed by atoms with van der Waals surface area (Å²) in [6, 6.07) is 8.76. The molecule has 0 radical (unpaired) electrons. The first-order valence-corrected chi connectivity index (χ1v) is 10.8. The molecule has 180 valence electrons. The molecule has 0 unspecified atom stereocenters. The highest BCUT2D eigenvalue weighted by molar-refractivity contribution is 5.97. The van der Waals surface area contributed by atoms with Gasteiger partial charge in [-0.2, -0.15) is 0 Å². The summed E-state index contributed by atoms with van der Waals surface area (Å²) in [7, 11) is 2.90. The lowest BCUT2D eigenvalue weighted by molar-refractivity contribution is -0.385. The van der Waals surface area contributed by atoms with Crippen molar-refractivity contribution >= 4 is 16.6 Å². The second-order valence-corrected chi connectivity index (χ2v) is 8.57. The van der Waals surface area contributed by atoms with Gasteiger partial charge in [0.05, 0.1) is 33.8 Å². The van der Waals surface area contributed by atoms with Crippen LogP contribution >= 0.6 is 0 Å². The number of phenols is 2. The smallest absolute Gasteiger partial charge is 0.331 e. The van der Waals surface area contributed by atoms with Gasteiger partial charge >= 0.3 is 5.69 Å². The molecule has 0 saturated heterocycles. The van der Waals surface area contributed by atoms with Crippen LogP contribution in [0.5, 0.6) is 11.5 Å². The number of hydrogen-bond acceptors (Lipinski definition) is 7. The summed E-state index contributed by atoms with van der Waals surface area (Å²) in [5, 5.41) is 32.4. The summed E-state index contributed by atoms with van der Waals surface area (Å²) < 4.78 is 10.1. The van der Waals surface area contributed by atoms with Crippen LogP contribution in [0, 0.1) is 17.0 Å². The molecule has 3 heterocycles. The number of ether oxygens (including phenoxy) is 1. The first-order chi connectivity index (χ1) is 16.6. The number of aromatic nitrogens is 3. The molecule has 1 aliphatic heterocycles. The van der Waals surface area contributed by atoms with Gasteiger partial charge in [-0.1, -0.05) is 12.1 Å². The predicted molar refractivity (Wildman–Crippen MR) is 127 cm³/mol. The lowest BCUT2D eigenvalue weighted by Gasteiger charge is -2.28. The van der Waals surface area contributed by atoms with Crippen LogP contribution in [0.3, 0.4) is 0 Å². The quantitative estimate of drug-likeness (QED) is 0.262. The molecule has 0 spiro atoms. The Hall–Kier alpha value is -4.38. The highest BCUT2D eigenvalue weighted by Crippen LogP contribution is 2.43. The Labute approximate surface area is 197 Å². The molecule has 11 heteroatoms. The van der Waals surface area contributed by atoms with Crippen LogP contribution in [0.2, 0.25) is 0 Å². The fraction of sp³-hybridized carbons (Fsp3) is 0.250. The van der Waals surface area contributed by atoms with E-state index in [0.717, 1.165) is 4.57 Å². The van der Waals surface area contributed by atoms with Crippen molar-refractivity contribution in [2.45, 2.75) is 19.6 Å². The molecule has 11 nitrogen and oxygen atoms in total. The first-order valence-electron chi connectivity index (χ1n) is 10.8. The maximum atomic E-state index is 13.4. The third kappa shape index (κ3) is 3.23. The summed E-state index contributed by atoms with van der Waals surface area (Å²) in [4.78, 5) is 37.5. The van der Waals surface area contributed by atoms with Gasteiger partial charge in [0.25, 0.3) is 11.2 Å². The normalized spacial score (nSPS) is 15.3. The molecule has 0 amide bonds. The van der Waals surface area contributed by atoms with E-state index >= 15 is 0 Å². The number of nitrogens with zero attached hydrogens (tertiary/aromatic N) is 4. The zero-order valence-electron chi connectivity index (χ0n) is 19.2. The minimum atomic E-state index is -0.912. The van der Waals surface area contributed by atoms with Gasteiger partial charge in [0, 0.05) is 43.4 Å². The van der Waals surface area contributed by atoms with Gasteiger partial charge in [0.2, 0.25) is 0 Å². The minimum Gasteiger partial charge on any atom is -0.508 e. The lowest BCUT2D eigenvalue weighted by Crippen LogP contribution is -2.37. The van der Waals surface area contributed by atoms with Crippen LogP contribution < -0.4 is 11.2 Å². The summed E-state index contributed by atoms with van der Waals surface area (Å²) in [6.45, 7) is 2.13. The maximum Gasteiger partial charge on any atom is 0.331 e. The average molecular weight is 478 g/mol. The standard InChI is InChI=1S/C24H22N4O7/c1-12-4-5-13(10-16(12)28(33)34)19-18-20(25(2)24(32)26(3)23(18)31)21-22(35-9-8-27(19)21)15-11-14(29)6-7-17(15)30/h4-7,10-11,22,29-30H,8-9H2,1-3H3/t22-/m1/s1. The predicted octanol–water partition coefficient (Wildman–Crippen LogP) is 2.45. The Bertz CT molecular complexity index is 1660. The van der Waals surface area contributed by atoms with Crippen LogP contribution in [-0.2, 0) is 25.4 Å². The first kappa shape index (κ1) is 22.4. The maximum absolute atomic E-state index is 13.4. The van der Waals surface area contributed by atoms with Gasteiger partial charge < -0.3 is 19.5 Å². The van der Waals surface area contributed by atoms with Crippen molar-refractivity contribution in [3.8, 4) is 22.8 Å². The molecule has 0 saturated carbocycles. The van der Waals surface area contributed by atoms with E-state index in [1.807, 2.05) is 0 Å². The zero-order valence-corrected chi connectivity index (χ0v) is 19.2. The number of fused-ring (bicyclic) bond motifs is 3. The van der Waals surface area contributed by atoms with Crippen molar-refractivity contribution in [2.75, 3.05) is 6.61 Å². The highest BCUT2D eigenvalue weighted by Gasteiger charge is 2.34. The van der Waals surface area contributed by atoms with Crippen molar-refractivity contribution in [2.24, 2.45) is 14.1 Å². The van der Waals surface area contributed by atoms with Crippen molar-refractivity contribution < 1.29 is 19.9 Å². The van der Waals surface area contributed by atoms with Crippen molar-refractivity contribution in [1.82, 2.24) is 13.7 Å². The SMILES string of the molecule is Cc1ccc(-c2c3c(=O)n(C)c(=O)n(C)c3c3n2CCO[C@@H]3c2cc(O)ccc2O)cc1[N+](=O)[O-]. The molecule has 2 aromatic heterocycles. The third-order valence-electron chi connectivity index (χ3n) is 6.53. The summed E-state index contributed by atoms with van der Waals surface area (Å²) in [6.07, 6.45) is -0.912. The van der Waals surface area contributed by atoms with E-state index in [1.165, 1.54) is 42.9 Å². The molecule has 1 aliphatic rings. The second kappa shape index (κ2) is 7.84. The number of benzene rings is 2. The van der Waals surface area contributed by atoms with Gasteiger partial charge in [-0.25, -0.2) is 4.79 Å². The number of aromatic hydroxyl groups is 2. The van der Waals surface area contributed by atoms with Gasteiger partial charge in [0.15, 0.2) is 0 Å². The number of hydrogen-bond donors (Lipinski definition) is 2. The summed E-state index contributed by atoms with van der Waals surface area (Å²) in [5.74, 6) is -0.217. The minimum absolute atomic E-state index is 0.0893. The number of aryl methyl sites for hydroxylation is 2. The molecule has 4 aromatic rings. The van der Waals surface area contributed by atoms with E-state index in [0.29, 0.717) is 34.6 Å². The summed E-state index contributed by atoms with van der Waals surface area (Å²) >= 11 is 0. The van der Waals surface area contributed by atoms with E-state index < -0.39 is 22.3 Å². The van der Waals surface area contributed by atoms with E-state index in [-0.39, 0.29) is 34.7 Å². The van der Waals surface area contributed by atoms with E-state index in [9.17, 15) is 29.9 Å². The molecular formula is C24H22N4O7. The van der Waals surface area contributed by atoms with Gasteiger partial charge in [-0.3, -0.25) is 24.0 Å². The van der Waals surface area contributed by atoms with Crippen LogP contribution in [0.4, 0.5) is 5.69 Å². The van der Waals surface area contributed by atoms with Crippen LogP contribution in [-0.4, -0.2) is 35.4 Å². The topological polar surface area (TPSA) is 142 Å². The molecule has 35 heavy (non-hydrogen) atoms. The largest absolute Gasteiger partial charge is 0.508 e. The molecule has 0 bridgehead atoms. The van der Waals surface area contributed by atoms with Gasteiger partial charge in [-0.05, 0) is 25.1 Å². The molecule has 5 rings (SSSR count). The van der Waals surface area contributed by atoms with Gasteiger partial charge in [-0.15, -0.1) is 0 Å². The molecule has 1 atom stereocenters. The molecule has 0 aliphatic carbocycles. The Kier molecular flexibility index (Phi) is 5.02. The molecule has 2 N–H and O–H groups in total. The number of nitro groups is 1. The average Bonchev–Trinajstić information content (AvgIpc) is 3.18. The van der Waals surface area contributed by atoms with Crippen molar-refractivity contribution in [1.29, 1.82) is 0 Å². The molecular weight excluding hydrogens is 456 g/mol. The second-order valence-electron chi connectivity index (χ2n) is 8.57. The highest BCUT2D eigenvalue weighted by atomic mass is 16.6. The number of phenolic OH excluding ortho intramolecular Hbond substituents is 2. The zero-order chi connectivity index (χ0) is 25.2. The number of rotatable bonds is 3. The van der Waals surface area contributed by atoms with E-state index in [4.69, 9.17) is 4.74 Å². The number of nitro benzene ring substituents is 1.